The summed E-state index contributed by atoms with van der Waals surface area (Å²) in [4.78, 5) is 16.8. The Morgan fingerprint density at radius 3 is 2.93 bits per heavy atom. The zero-order chi connectivity index (χ0) is 18.9. The number of ether oxygens (including phenoxy) is 1. The first-order valence-corrected chi connectivity index (χ1v) is 9.46. The number of likely N-dealkylation sites (tertiary alicyclic amines) is 2. The van der Waals surface area contributed by atoms with Crippen LogP contribution < -0.4 is 4.74 Å². The van der Waals surface area contributed by atoms with Gasteiger partial charge in [-0.25, -0.2) is 4.39 Å². The van der Waals surface area contributed by atoms with Crippen molar-refractivity contribution in [1.82, 2.24) is 9.80 Å². The summed E-state index contributed by atoms with van der Waals surface area (Å²) in [5.41, 5.74) is 0.753. The summed E-state index contributed by atoms with van der Waals surface area (Å²) in [6.07, 6.45) is 4.68. The number of hydrogen-bond acceptors (Lipinski definition) is 4. The monoisotopic (exact) mass is 372 g/mol. The van der Waals surface area contributed by atoms with E-state index < -0.39 is 0 Å². The maximum absolute atomic E-state index is 14.2. The van der Waals surface area contributed by atoms with Crippen LogP contribution in [0.1, 0.15) is 35.4 Å². The van der Waals surface area contributed by atoms with Crippen molar-refractivity contribution in [3.8, 4) is 5.75 Å². The summed E-state index contributed by atoms with van der Waals surface area (Å²) in [6.45, 7) is 3.89. The molecule has 2 aliphatic heterocycles. The van der Waals surface area contributed by atoms with Gasteiger partial charge >= 0.3 is 0 Å². The van der Waals surface area contributed by atoms with Crippen molar-refractivity contribution in [2.75, 3.05) is 33.3 Å². The Bertz CT molecular complexity index is 808. The topological polar surface area (TPSA) is 45.9 Å². The fraction of sp³-hybridized carbons (Fsp3) is 0.476. The van der Waals surface area contributed by atoms with Gasteiger partial charge in [-0.2, -0.15) is 0 Å². The number of piperidine rings is 1. The zero-order valence-corrected chi connectivity index (χ0v) is 15.6. The van der Waals surface area contributed by atoms with Gasteiger partial charge in [0, 0.05) is 37.2 Å². The number of halogens is 1. The van der Waals surface area contributed by atoms with Crippen LogP contribution in [-0.4, -0.2) is 49.0 Å². The highest BCUT2D eigenvalue weighted by Gasteiger charge is 2.43. The van der Waals surface area contributed by atoms with E-state index in [9.17, 15) is 9.18 Å². The largest absolute Gasteiger partial charge is 0.497 e. The molecule has 0 aliphatic carbocycles. The van der Waals surface area contributed by atoms with Gasteiger partial charge in [-0.1, -0.05) is 0 Å². The lowest BCUT2D eigenvalue weighted by molar-refractivity contribution is 0.0649. The van der Waals surface area contributed by atoms with E-state index in [1.807, 2.05) is 4.90 Å². The molecular weight excluding hydrogens is 347 g/mol. The van der Waals surface area contributed by atoms with Crippen LogP contribution in [0.5, 0.6) is 5.75 Å². The Kier molecular flexibility index (Phi) is 4.91. The number of furan rings is 1. The fourth-order valence-electron chi connectivity index (χ4n) is 4.48. The first-order chi connectivity index (χ1) is 13.1. The molecule has 144 valence electrons. The molecule has 1 unspecified atom stereocenters. The van der Waals surface area contributed by atoms with Gasteiger partial charge in [-0.05, 0) is 56.1 Å². The van der Waals surface area contributed by atoms with Gasteiger partial charge in [-0.3, -0.25) is 9.69 Å². The van der Waals surface area contributed by atoms with Gasteiger partial charge in [0.25, 0.3) is 5.91 Å². The lowest BCUT2D eigenvalue weighted by Crippen LogP contribution is -2.45. The molecule has 1 atom stereocenters. The summed E-state index contributed by atoms with van der Waals surface area (Å²) in [5.74, 6) is 0.844. The van der Waals surface area contributed by atoms with Crippen LogP contribution in [0.2, 0.25) is 0 Å². The predicted molar refractivity (Wildman–Crippen MR) is 99.1 cm³/mol. The van der Waals surface area contributed by atoms with Crippen LogP contribution >= 0.6 is 0 Å². The normalized spacial score (nSPS) is 23.1. The molecule has 3 heterocycles. The van der Waals surface area contributed by atoms with Crippen LogP contribution in [0.4, 0.5) is 4.39 Å². The van der Waals surface area contributed by atoms with Crippen LogP contribution in [0, 0.1) is 11.2 Å². The Hall–Kier alpha value is -2.34. The standard InChI is InChI=1S/C21H25FN2O3/c1-26-17-5-6-18(22)16(12-17)13-23-9-3-7-21(14-23)8-10-24(15-21)20(25)19-4-2-11-27-19/h2,4-6,11-12H,3,7-10,13-15H2,1H3. The fourth-order valence-corrected chi connectivity index (χ4v) is 4.48. The maximum atomic E-state index is 14.2. The molecule has 0 saturated carbocycles. The molecule has 2 saturated heterocycles. The molecule has 1 aromatic heterocycles. The maximum Gasteiger partial charge on any atom is 0.289 e. The molecule has 2 aromatic rings. The average Bonchev–Trinajstić information content (AvgIpc) is 3.34. The molecule has 27 heavy (non-hydrogen) atoms. The number of hydrogen-bond donors (Lipinski definition) is 0. The van der Waals surface area contributed by atoms with Gasteiger partial charge in [-0.15, -0.1) is 0 Å². The van der Waals surface area contributed by atoms with Crippen molar-refractivity contribution < 1.29 is 18.3 Å². The molecule has 6 heteroatoms. The first-order valence-electron chi connectivity index (χ1n) is 9.46. The van der Waals surface area contributed by atoms with Gasteiger partial charge in [0.15, 0.2) is 5.76 Å². The number of nitrogens with zero attached hydrogens (tertiary/aromatic N) is 2. The highest BCUT2D eigenvalue weighted by molar-refractivity contribution is 5.91. The minimum atomic E-state index is -0.198. The summed E-state index contributed by atoms with van der Waals surface area (Å²) in [7, 11) is 1.59. The average molecular weight is 372 g/mol. The van der Waals surface area contributed by atoms with Gasteiger partial charge in [0.05, 0.1) is 13.4 Å². The van der Waals surface area contributed by atoms with E-state index >= 15 is 0 Å². The van der Waals surface area contributed by atoms with Crippen molar-refractivity contribution in [3.05, 3.63) is 53.7 Å². The SMILES string of the molecule is COc1ccc(F)c(CN2CCCC3(CCN(C(=O)c4ccco4)C3)C2)c1. The summed E-state index contributed by atoms with van der Waals surface area (Å²) >= 11 is 0. The molecule has 4 rings (SSSR count). The Labute approximate surface area is 158 Å². The lowest BCUT2D eigenvalue weighted by atomic mass is 9.79. The third kappa shape index (κ3) is 3.72. The van der Waals surface area contributed by atoms with Crippen molar-refractivity contribution in [2.24, 2.45) is 5.41 Å². The summed E-state index contributed by atoms with van der Waals surface area (Å²) in [5, 5.41) is 0. The van der Waals surface area contributed by atoms with Crippen molar-refractivity contribution in [3.63, 3.8) is 0 Å². The third-order valence-corrected chi connectivity index (χ3v) is 5.84. The minimum absolute atomic E-state index is 0.0344. The molecule has 2 fully saturated rings. The predicted octanol–water partition coefficient (Wildman–Crippen LogP) is 3.56. The van der Waals surface area contributed by atoms with Crippen molar-refractivity contribution in [2.45, 2.75) is 25.8 Å². The second-order valence-corrected chi connectivity index (χ2v) is 7.73. The van der Waals surface area contributed by atoms with Crippen molar-refractivity contribution in [1.29, 1.82) is 0 Å². The van der Waals surface area contributed by atoms with Gasteiger partial charge < -0.3 is 14.1 Å². The number of amides is 1. The Morgan fingerprint density at radius 1 is 1.26 bits per heavy atom. The smallest absolute Gasteiger partial charge is 0.289 e. The summed E-state index contributed by atoms with van der Waals surface area (Å²) in [6, 6.07) is 8.34. The van der Waals surface area contributed by atoms with Crippen LogP contribution in [0.15, 0.2) is 41.0 Å². The number of benzene rings is 1. The second kappa shape index (κ2) is 7.35. The minimum Gasteiger partial charge on any atom is -0.497 e. The molecule has 1 spiro atoms. The zero-order valence-electron chi connectivity index (χ0n) is 15.6. The molecule has 0 radical (unpaired) electrons. The molecule has 1 aromatic carbocycles. The van der Waals surface area contributed by atoms with Crippen LogP contribution in [-0.2, 0) is 6.54 Å². The Morgan fingerprint density at radius 2 is 2.15 bits per heavy atom. The van der Waals surface area contributed by atoms with E-state index in [0.717, 1.165) is 45.4 Å². The lowest BCUT2D eigenvalue weighted by Gasteiger charge is -2.40. The second-order valence-electron chi connectivity index (χ2n) is 7.73. The van der Waals surface area contributed by atoms with E-state index in [-0.39, 0.29) is 17.1 Å². The van der Waals surface area contributed by atoms with E-state index in [1.54, 1.807) is 31.4 Å². The van der Waals surface area contributed by atoms with E-state index in [2.05, 4.69) is 4.90 Å². The van der Waals surface area contributed by atoms with Gasteiger partial charge in [0.1, 0.15) is 11.6 Å². The first kappa shape index (κ1) is 18.0. The van der Waals surface area contributed by atoms with Crippen LogP contribution in [0.3, 0.4) is 0 Å². The van der Waals surface area contributed by atoms with E-state index in [1.165, 1.54) is 12.3 Å². The summed E-state index contributed by atoms with van der Waals surface area (Å²) < 4.78 is 24.7. The molecule has 0 bridgehead atoms. The molecule has 0 N–H and O–H groups in total. The number of methoxy groups -OCH3 is 1. The highest BCUT2D eigenvalue weighted by Crippen LogP contribution is 2.40. The highest BCUT2D eigenvalue weighted by atomic mass is 19.1. The number of rotatable bonds is 4. The molecular formula is C21H25FN2O3. The van der Waals surface area contributed by atoms with Crippen molar-refractivity contribution >= 4 is 5.91 Å². The molecule has 2 aliphatic rings. The molecule has 1 amide bonds. The van der Waals surface area contributed by atoms with E-state index in [4.69, 9.17) is 9.15 Å². The molecule has 5 nitrogen and oxygen atoms in total. The van der Waals surface area contributed by atoms with Gasteiger partial charge in [0.2, 0.25) is 0 Å². The quantitative estimate of drug-likeness (QED) is 0.823. The number of carbonyl (C=O) groups excluding carboxylic acids is 1. The van der Waals surface area contributed by atoms with Crippen LogP contribution in [0.25, 0.3) is 0 Å². The van der Waals surface area contributed by atoms with E-state index in [0.29, 0.717) is 23.6 Å². The third-order valence-electron chi connectivity index (χ3n) is 5.84. The Balaban J connectivity index is 1.43. The number of carbonyl (C=O) groups is 1.